The van der Waals surface area contributed by atoms with Crippen LogP contribution in [0.25, 0.3) is 22.2 Å². The van der Waals surface area contributed by atoms with Crippen LogP contribution in [0, 0.1) is 5.82 Å². The summed E-state index contributed by atoms with van der Waals surface area (Å²) in [6.45, 7) is 2.37. The first-order chi connectivity index (χ1) is 16.0. The summed E-state index contributed by atoms with van der Waals surface area (Å²) in [6, 6.07) is 7.76. The predicted octanol–water partition coefficient (Wildman–Crippen LogP) is 2.16. The van der Waals surface area contributed by atoms with Gasteiger partial charge in [-0.3, -0.25) is 4.79 Å². The van der Waals surface area contributed by atoms with E-state index >= 15 is 4.39 Å². The van der Waals surface area contributed by atoms with Crippen molar-refractivity contribution in [1.82, 2.24) is 30.2 Å². The molecule has 168 valence electrons. The first kappa shape index (κ1) is 20.6. The van der Waals surface area contributed by atoms with E-state index in [-0.39, 0.29) is 34.7 Å². The van der Waals surface area contributed by atoms with Crippen LogP contribution in [0.3, 0.4) is 0 Å². The molecule has 1 aliphatic heterocycles. The van der Waals surface area contributed by atoms with Gasteiger partial charge >= 0.3 is 0 Å². The van der Waals surface area contributed by atoms with Crippen LogP contribution in [-0.2, 0) is 0 Å². The smallest absolute Gasteiger partial charge is 0.273 e. The number of ether oxygens (including phenoxy) is 1. The fourth-order valence-corrected chi connectivity index (χ4v) is 3.84. The van der Waals surface area contributed by atoms with E-state index in [1.807, 2.05) is 0 Å². The molecule has 1 amide bonds. The third-order valence-electron chi connectivity index (χ3n) is 5.42. The average Bonchev–Trinajstić information content (AvgIpc) is 3.30. The van der Waals surface area contributed by atoms with Crippen LogP contribution >= 0.6 is 0 Å². The van der Waals surface area contributed by atoms with Crippen molar-refractivity contribution < 1.29 is 13.9 Å². The molecule has 4 aromatic rings. The van der Waals surface area contributed by atoms with Gasteiger partial charge in [-0.05, 0) is 29.8 Å². The molecule has 1 aliphatic rings. The molecule has 0 atom stereocenters. The molecule has 4 heterocycles. The Bertz CT molecular complexity index is 1350. The highest BCUT2D eigenvalue weighted by Gasteiger charge is 2.26. The summed E-state index contributed by atoms with van der Waals surface area (Å²) < 4.78 is 20.9. The van der Waals surface area contributed by atoms with Gasteiger partial charge in [-0.2, -0.15) is 4.98 Å². The zero-order chi connectivity index (χ0) is 22.9. The lowest BCUT2D eigenvalue weighted by Crippen LogP contribution is -2.46. The van der Waals surface area contributed by atoms with E-state index in [9.17, 15) is 4.79 Å². The largest absolute Gasteiger partial charge is 0.453 e. The van der Waals surface area contributed by atoms with Gasteiger partial charge in [0, 0.05) is 38.6 Å². The van der Waals surface area contributed by atoms with Crippen molar-refractivity contribution in [3.63, 3.8) is 0 Å². The van der Waals surface area contributed by atoms with E-state index in [2.05, 4.69) is 25.3 Å². The summed E-state index contributed by atoms with van der Waals surface area (Å²) >= 11 is 0. The van der Waals surface area contributed by atoms with Crippen LogP contribution in [0.1, 0.15) is 10.5 Å². The van der Waals surface area contributed by atoms with Crippen LogP contribution in [-0.4, -0.2) is 56.9 Å². The molecule has 1 saturated heterocycles. The van der Waals surface area contributed by atoms with Gasteiger partial charge in [0.2, 0.25) is 5.95 Å². The van der Waals surface area contributed by atoms with Crippen molar-refractivity contribution in [2.45, 2.75) is 0 Å². The number of nitrogens with two attached hydrogens (primary N) is 2. The summed E-state index contributed by atoms with van der Waals surface area (Å²) in [5.41, 5.74) is 13.1. The van der Waals surface area contributed by atoms with Crippen molar-refractivity contribution in [1.29, 1.82) is 0 Å². The number of piperazine rings is 1. The molecule has 6 N–H and O–H groups in total. The number of nitrogen functional groups attached to an aromatic ring is 2. The minimum absolute atomic E-state index is 0.00258. The lowest BCUT2D eigenvalue weighted by atomic mass is 10.0. The normalized spacial score (nSPS) is 13.9. The summed E-state index contributed by atoms with van der Waals surface area (Å²) in [5.74, 6) is -0.625. The van der Waals surface area contributed by atoms with Gasteiger partial charge < -0.3 is 31.4 Å². The van der Waals surface area contributed by atoms with Gasteiger partial charge in [0.1, 0.15) is 22.9 Å². The summed E-state index contributed by atoms with van der Waals surface area (Å²) in [7, 11) is 0. The molecular weight excluding hydrogens is 427 g/mol. The number of amides is 1. The highest BCUT2D eigenvalue weighted by atomic mass is 19.1. The standard InChI is InChI=1S/C22H21FN8O2/c23-14-11-12(1-2-16(14)33-15-4-6-28-20-13(15)3-5-27-20)17-18(29-22(25)30-19(17)24)21(32)31-9-7-26-8-10-31/h1-6,11,26H,7-10H2,(H,27,28)(H4,24,25,29,30). The first-order valence-corrected chi connectivity index (χ1v) is 10.3. The van der Waals surface area contributed by atoms with Crippen molar-refractivity contribution in [3.05, 3.63) is 54.2 Å². The topological polar surface area (TPSA) is 148 Å². The third kappa shape index (κ3) is 3.89. The Balaban J connectivity index is 1.51. The number of hydrogen-bond acceptors (Lipinski definition) is 8. The van der Waals surface area contributed by atoms with E-state index in [1.165, 1.54) is 12.1 Å². The minimum Gasteiger partial charge on any atom is -0.453 e. The van der Waals surface area contributed by atoms with E-state index in [0.29, 0.717) is 43.1 Å². The van der Waals surface area contributed by atoms with Crippen LogP contribution in [0.5, 0.6) is 11.5 Å². The minimum atomic E-state index is -0.634. The molecule has 1 aromatic carbocycles. The molecule has 0 unspecified atom stereocenters. The van der Waals surface area contributed by atoms with Gasteiger partial charge in [-0.15, -0.1) is 0 Å². The Hall–Kier alpha value is -4.25. The number of rotatable bonds is 4. The van der Waals surface area contributed by atoms with Gasteiger partial charge in [0.25, 0.3) is 5.91 Å². The van der Waals surface area contributed by atoms with Gasteiger partial charge in [-0.1, -0.05) is 6.07 Å². The fraction of sp³-hybridized carbons (Fsp3) is 0.182. The number of aromatic nitrogens is 4. The maximum absolute atomic E-state index is 15.1. The Labute approximate surface area is 187 Å². The number of halogens is 1. The second kappa shape index (κ2) is 8.36. The van der Waals surface area contributed by atoms with Crippen molar-refractivity contribution in [2.24, 2.45) is 0 Å². The molecule has 0 radical (unpaired) electrons. The van der Waals surface area contributed by atoms with Crippen molar-refractivity contribution in [2.75, 3.05) is 37.6 Å². The third-order valence-corrected chi connectivity index (χ3v) is 5.42. The maximum atomic E-state index is 15.1. The molecule has 33 heavy (non-hydrogen) atoms. The molecule has 0 saturated carbocycles. The molecule has 10 nitrogen and oxygen atoms in total. The molecule has 1 fully saturated rings. The van der Waals surface area contributed by atoms with Gasteiger partial charge in [0.15, 0.2) is 11.6 Å². The molecule has 11 heteroatoms. The number of pyridine rings is 1. The number of fused-ring (bicyclic) bond motifs is 1. The molecule has 0 bridgehead atoms. The second-order valence-electron chi connectivity index (χ2n) is 7.53. The number of H-pyrrole nitrogens is 1. The quantitative estimate of drug-likeness (QED) is 0.371. The molecular formula is C22H21FN8O2. The number of carbonyl (C=O) groups excluding carboxylic acids is 1. The van der Waals surface area contributed by atoms with Crippen LogP contribution < -0.4 is 21.5 Å². The zero-order valence-electron chi connectivity index (χ0n) is 17.5. The van der Waals surface area contributed by atoms with Gasteiger partial charge in [-0.25, -0.2) is 14.4 Å². The summed E-state index contributed by atoms with van der Waals surface area (Å²) in [5, 5.41) is 3.91. The van der Waals surface area contributed by atoms with Crippen LogP contribution in [0.2, 0.25) is 0 Å². The average molecular weight is 448 g/mol. The Morgan fingerprint density at radius 3 is 2.70 bits per heavy atom. The SMILES string of the molecule is Nc1nc(N)c(-c2ccc(Oc3ccnc4[nH]ccc34)c(F)c2)c(C(=O)N2CCNCC2)n1. The van der Waals surface area contributed by atoms with Gasteiger partial charge in [0.05, 0.1) is 10.9 Å². The predicted molar refractivity (Wildman–Crippen MR) is 121 cm³/mol. The number of carbonyl (C=O) groups is 1. The zero-order valence-corrected chi connectivity index (χ0v) is 17.5. The highest BCUT2D eigenvalue weighted by molar-refractivity contribution is 6.01. The Morgan fingerprint density at radius 1 is 1.09 bits per heavy atom. The van der Waals surface area contributed by atoms with E-state index in [4.69, 9.17) is 16.2 Å². The summed E-state index contributed by atoms with van der Waals surface area (Å²) in [4.78, 5) is 30.1. The van der Waals surface area contributed by atoms with E-state index in [0.717, 1.165) is 5.39 Å². The fourth-order valence-electron chi connectivity index (χ4n) is 3.84. The Kier molecular flexibility index (Phi) is 5.23. The lowest BCUT2D eigenvalue weighted by Gasteiger charge is -2.28. The number of anilines is 2. The molecule has 0 spiro atoms. The van der Waals surface area contributed by atoms with Crippen LogP contribution in [0.4, 0.5) is 16.2 Å². The number of nitrogens with zero attached hydrogens (tertiary/aromatic N) is 4. The van der Waals surface area contributed by atoms with Crippen molar-refractivity contribution >= 4 is 28.7 Å². The van der Waals surface area contributed by atoms with Crippen molar-refractivity contribution in [3.8, 4) is 22.6 Å². The summed E-state index contributed by atoms with van der Waals surface area (Å²) in [6.07, 6.45) is 3.30. The second-order valence-corrected chi connectivity index (χ2v) is 7.53. The van der Waals surface area contributed by atoms with E-state index < -0.39 is 5.82 Å². The molecule has 0 aliphatic carbocycles. The van der Waals surface area contributed by atoms with Crippen LogP contribution in [0.15, 0.2) is 42.7 Å². The Morgan fingerprint density at radius 2 is 1.91 bits per heavy atom. The monoisotopic (exact) mass is 448 g/mol. The lowest BCUT2D eigenvalue weighted by molar-refractivity contribution is 0.0730. The number of aromatic amines is 1. The molecule has 3 aromatic heterocycles. The maximum Gasteiger partial charge on any atom is 0.273 e. The number of nitrogens with one attached hydrogen (secondary N) is 2. The first-order valence-electron chi connectivity index (χ1n) is 10.3. The number of hydrogen-bond donors (Lipinski definition) is 4. The number of benzene rings is 1. The molecule has 5 rings (SSSR count). The highest BCUT2D eigenvalue weighted by Crippen LogP contribution is 2.35. The van der Waals surface area contributed by atoms with E-state index in [1.54, 1.807) is 35.5 Å².